The third kappa shape index (κ3) is 4.94. The first kappa shape index (κ1) is 23.8. The van der Waals surface area contributed by atoms with Gasteiger partial charge in [0.15, 0.2) is 17.3 Å². The quantitative estimate of drug-likeness (QED) is 0.222. The van der Waals surface area contributed by atoms with Gasteiger partial charge in [-0.15, -0.1) is 0 Å². The minimum Gasteiger partial charge on any atom is -0.493 e. The molecule has 0 saturated carbocycles. The SMILES string of the molecule is C=CSN1CCC(Oc2cc3c(C(=O)c4ccc(Cl)c(Cl)c4F)ncnc3cc2OC)CC1. The van der Waals surface area contributed by atoms with Crippen molar-refractivity contribution in [1.29, 1.82) is 0 Å². The first-order valence-electron chi connectivity index (χ1n) is 10.1. The van der Waals surface area contributed by atoms with Gasteiger partial charge in [-0.3, -0.25) is 4.79 Å². The molecule has 2 aromatic carbocycles. The van der Waals surface area contributed by atoms with Crippen LogP contribution in [0.5, 0.6) is 11.5 Å². The van der Waals surface area contributed by atoms with Gasteiger partial charge >= 0.3 is 0 Å². The fourth-order valence-corrected chi connectivity index (χ4v) is 4.61. The summed E-state index contributed by atoms with van der Waals surface area (Å²) in [5, 5.41) is 1.94. The van der Waals surface area contributed by atoms with Crippen molar-refractivity contribution in [1.82, 2.24) is 14.3 Å². The maximum absolute atomic E-state index is 14.7. The number of fused-ring (bicyclic) bond motifs is 1. The van der Waals surface area contributed by atoms with Gasteiger partial charge < -0.3 is 9.47 Å². The Morgan fingerprint density at radius 3 is 2.70 bits per heavy atom. The van der Waals surface area contributed by atoms with Crippen LogP contribution in [-0.4, -0.2) is 46.4 Å². The predicted molar refractivity (Wildman–Crippen MR) is 129 cm³/mol. The molecule has 3 aromatic rings. The number of hydrogen-bond donors (Lipinski definition) is 0. The molecule has 0 N–H and O–H groups in total. The molecular formula is C23H20Cl2FN3O3S. The number of rotatable bonds is 7. The summed E-state index contributed by atoms with van der Waals surface area (Å²) in [5.74, 6) is -0.569. The number of piperidine rings is 1. The molecule has 1 fully saturated rings. The smallest absolute Gasteiger partial charge is 0.215 e. The summed E-state index contributed by atoms with van der Waals surface area (Å²) in [6.45, 7) is 5.47. The zero-order valence-corrected chi connectivity index (χ0v) is 20.0. The van der Waals surface area contributed by atoms with Crippen LogP contribution in [0.4, 0.5) is 4.39 Å². The molecular weight excluding hydrogens is 488 g/mol. The number of benzene rings is 2. The number of nitrogens with zero attached hydrogens (tertiary/aromatic N) is 3. The van der Waals surface area contributed by atoms with Crippen molar-refractivity contribution in [3.63, 3.8) is 0 Å². The second kappa shape index (κ2) is 10.3. The highest BCUT2D eigenvalue weighted by Gasteiger charge is 2.25. The standard InChI is InChI=1S/C23H20Cl2FN3O3S/c1-3-33-29-8-6-13(7-9-29)32-19-10-15-17(11-18(19)31-2)27-12-28-22(15)23(30)14-4-5-16(24)20(25)21(14)26/h3-5,10-13H,1,6-9H2,2H3. The maximum atomic E-state index is 14.7. The monoisotopic (exact) mass is 507 g/mol. The van der Waals surface area contributed by atoms with Crippen LogP contribution in [-0.2, 0) is 0 Å². The van der Waals surface area contributed by atoms with Gasteiger partial charge in [0.2, 0.25) is 5.78 Å². The molecule has 6 nitrogen and oxygen atoms in total. The second-order valence-electron chi connectivity index (χ2n) is 7.31. The molecule has 0 unspecified atom stereocenters. The normalized spacial score (nSPS) is 14.9. The molecule has 1 saturated heterocycles. The van der Waals surface area contributed by atoms with E-state index in [1.165, 1.54) is 25.6 Å². The average Bonchev–Trinajstić information content (AvgIpc) is 2.83. The van der Waals surface area contributed by atoms with Crippen LogP contribution in [0.1, 0.15) is 28.9 Å². The molecule has 0 atom stereocenters. The van der Waals surface area contributed by atoms with Crippen molar-refractivity contribution in [2.45, 2.75) is 18.9 Å². The molecule has 4 rings (SSSR count). The minimum absolute atomic E-state index is 0.0192. The number of ether oxygens (including phenoxy) is 2. The van der Waals surface area contributed by atoms with E-state index >= 15 is 0 Å². The van der Waals surface area contributed by atoms with Gasteiger partial charge in [0, 0.05) is 24.5 Å². The van der Waals surface area contributed by atoms with Crippen LogP contribution in [0.15, 0.2) is 42.6 Å². The van der Waals surface area contributed by atoms with Crippen LogP contribution in [0.25, 0.3) is 10.9 Å². The van der Waals surface area contributed by atoms with Crippen molar-refractivity contribution in [2.75, 3.05) is 20.2 Å². The number of halogens is 3. The molecule has 1 aromatic heterocycles. The number of carbonyl (C=O) groups excluding carboxylic acids is 1. The number of hydrogen-bond acceptors (Lipinski definition) is 7. The van der Waals surface area contributed by atoms with E-state index in [9.17, 15) is 9.18 Å². The fourth-order valence-electron chi connectivity index (χ4n) is 3.67. The molecule has 0 bridgehead atoms. The van der Waals surface area contributed by atoms with Gasteiger partial charge in [0.25, 0.3) is 0 Å². The first-order chi connectivity index (χ1) is 15.9. The van der Waals surface area contributed by atoms with Gasteiger partial charge in [0.05, 0.1) is 28.2 Å². The number of carbonyl (C=O) groups is 1. The van der Waals surface area contributed by atoms with Crippen molar-refractivity contribution in [3.8, 4) is 11.5 Å². The third-order valence-corrected chi connectivity index (χ3v) is 6.93. The largest absolute Gasteiger partial charge is 0.493 e. The summed E-state index contributed by atoms with van der Waals surface area (Å²) in [4.78, 5) is 21.6. The molecule has 0 amide bonds. The van der Waals surface area contributed by atoms with Crippen molar-refractivity contribution < 1.29 is 18.7 Å². The Morgan fingerprint density at radius 1 is 1.24 bits per heavy atom. The number of aromatic nitrogens is 2. The summed E-state index contributed by atoms with van der Waals surface area (Å²) in [7, 11) is 1.54. The second-order valence-corrected chi connectivity index (χ2v) is 9.16. The van der Waals surface area contributed by atoms with Crippen molar-refractivity contribution in [2.24, 2.45) is 0 Å². The zero-order valence-electron chi connectivity index (χ0n) is 17.7. The lowest BCUT2D eigenvalue weighted by molar-refractivity contribution is 0.103. The van der Waals surface area contributed by atoms with Gasteiger partial charge in [-0.25, -0.2) is 18.7 Å². The van der Waals surface area contributed by atoms with E-state index in [0.29, 0.717) is 22.4 Å². The Labute approximate surface area is 204 Å². The lowest BCUT2D eigenvalue weighted by Crippen LogP contribution is -2.34. The Balaban J connectivity index is 1.69. The van der Waals surface area contributed by atoms with Crippen molar-refractivity contribution in [3.05, 3.63) is 69.7 Å². The van der Waals surface area contributed by atoms with Gasteiger partial charge in [-0.2, -0.15) is 0 Å². The van der Waals surface area contributed by atoms with Gasteiger partial charge in [0.1, 0.15) is 18.1 Å². The lowest BCUT2D eigenvalue weighted by atomic mass is 10.0. The van der Waals surface area contributed by atoms with Crippen molar-refractivity contribution >= 4 is 51.8 Å². The summed E-state index contributed by atoms with van der Waals surface area (Å²) < 4.78 is 28.6. The summed E-state index contributed by atoms with van der Waals surface area (Å²) in [5.41, 5.74) is 0.270. The maximum Gasteiger partial charge on any atom is 0.215 e. The molecule has 1 aliphatic rings. The van der Waals surface area contributed by atoms with Crippen LogP contribution in [0.3, 0.4) is 0 Å². The van der Waals surface area contributed by atoms with Gasteiger partial charge in [-0.1, -0.05) is 41.7 Å². The lowest BCUT2D eigenvalue weighted by Gasteiger charge is -2.30. The van der Waals surface area contributed by atoms with E-state index in [1.54, 1.807) is 24.1 Å². The highest BCUT2D eigenvalue weighted by atomic mass is 35.5. The molecule has 33 heavy (non-hydrogen) atoms. The van der Waals surface area contributed by atoms with E-state index < -0.39 is 11.6 Å². The molecule has 0 radical (unpaired) electrons. The summed E-state index contributed by atoms with van der Waals surface area (Å²) in [6, 6.07) is 6.01. The minimum atomic E-state index is -0.893. The Bertz CT molecular complexity index is 1220. The topological polar surface area (TPSA) is 64.5 Å². The predicted octanol–water partition coefficient (Wildman–Crippen LogP) is 5.95. The van der Waals surface area contributed by atoms with E-state index in [0.717, 1.165) is 25.9 Å². The van der Waals surface area contributed by atoms with E-state index in [4.69, 9.17) is 32.7 Å². The van der Waals surface area contributed by atoms with Crippen LogP contribution in [0.2, 0.25) is 10.0 Å². The summed E-state index contributed by atoms with van der Waals surface area (Å²) in [6.07, 6.45) is 2.88. The Kier molecular flexibility index (Phi) is 7.38. The molecule has 0 spiro atoms. The van der Waals surface area contributed by atoms with E-state index in [1.807, 2.05) is 5.41 Å². The first-order valence-corrected chi connectivity index (χ1v) is 11.7. The highest BCUT2D eigenvalue weighted by molar-refractivity contribution is 7.99. The molecule has 2 heterocycles. The average molecular weight is 508 g/mol. The fraction of sp³-hybridized carbons (Fsp3) is 0.261. The number of methoxy groups -OCH3 is 1. The van der Waals surface area contributed by atoms with Gasteiger partial charge in [-0.05, 0) is 36.4 Å². The Hall–Kier alpha value is -2.39. The Morgan fingerprint density at radius 2 is 2.00 bits per heavy atom. The van der Waals surface area contributed by atoms with Crippen LogP contribution in [0, 0.1) is 5.82 Å². The zero-order chi connectivity index (χ0) is 23.5. The third-order valence-electron chi connectivity index (χ3n) is 5.33. The van der Waals surface area contributed by atoms with Crippen LogP contribution >= 0.6 is 35.1 Å². The van der Waals surface area contributed by atoms with E-state index in [2.05, 4.69) is 20.9 Å². The molecule has 0 aliphatic carbocycles. The number of ketones is 1. The summed E-state index contributed by atoms with van der Waals surface area (Å²) >= 11 is 13.3. The van der Waals surface area contributed by atoms with E-state index in [-0.39, 0.29) is 27.4 Å². The highest BCUT2D eigenvalue weighted by Crippen LogP contribution is 2.36. The molecule has 172 valence electrons. The van der Waals surface area contributed by atoms with Crippen LogP contribution < -0.4 is 9.47 Å². The molecule has 10 heteroatoms. The molecule has 1 aliphatic heterocycles.